The number of hydrogen-bond donors (Lipinski definition) is 2. The zero-order valence-electron chi connectivity index (χ0n) is 16.6. The molecule has 2 aromatic carbocycles. The standard InChI is InChI=1S/C21H22N6O2S/c1-14(2)12-27-13-17(11-24-27)15-3-8-20-16(9-15)10-23-21(26-20)25-18-4-6-19(7-5-18)30(22,28)29/h3-11,13-14H,12H2,1-2H3,(H2,22,28,29)(H,23,25,26). The summed E-state index contributed by atoms with van der Waals surface area (Å²) in [5.74, 6) is 0.952. The number of fused-ring (bicyclic) bond motifs is 1. The Balaban J connectivity index is 1.55. The van der Waals surface area contributed by atoms with Crippen molar-refractivity contribution in [1.29, 1.82) is 0 Å². The van der Waals surface area contributed by atoms with Gasteiger partial charge in [0.25, 0.3) is 0 Å². The number of nitrogens with one attached hydrogen (secondary N) is 1. The number of benzene rings is 2. The van der Waals surface area contributed by atoms with E-state index in [9.17, 15) is 8.42 Å². The fourth-order valence-electron chi connectivity index (χ4n) is 3.12. The molecule has 0 aliphatic heterocycles. The minimum atomic E-state index is -3.72. The number of sulfonamides is 1. The molecule has 0 atom stereocenters. The smallest absolute Gasteiger partial charge is 0.238 e. The van der Waals surface area contributed by atoms with Gasteiger partial charge in [-0.3, -0.25) is 4.68 Å². The first kappa shape index (κ1) is 20.0. The highest BCUT2D eigenvalue weighted by molar-refractivity contribution is 7.89. The van der Waals surface area contributed by atoms with Gasteiger partial charge in [0.15, 0.2) is 0 Å². The van der Waals surface area contributed by atoms with E-state index < -0.39 is 10.0 Å². The minimum Gasteiger partial charge on any atom is -0.324 e. The maximum Gasteiger partial charge on any atom is 0.238 e. The molecule has 0 saturated heterocycles. The van der Waals surface area contributed by atoms with E-state index in [1.54, 1.807) is 18.3 Å². The van der Waals surface area contributed by atoms with Crippen molar-refractivity contribution in [3.05, 3.63) is 61.1 Å². The Morgan fingerprint density at radius 1 is 1.07 bits per heavy atom. The molecule has 8 nitrogen and oxygen atoms in total. The number of rotatable bonds is 6. The lowest BCUT2D eigenvalue weighted by atomic mass is 10.1. The van der Waals surface area contributed by atoms with Gasteiger partial charge in [-0.1, -0.05) is 19.9 Å². The predicted octanol–water partition coefficient (Wildman–Crippen LogP) is 3.54. The molecule has 2 aromatic heterocycles. The molecule has 0 fully saturated rings. The third-order valence-electron chi connectivity index (χ3n) is 4.54. The minimum absolute atomic E-state index is 0.0525. The summed E-state index contributed by atoms with van der Waals surface area (Å²) in [6, 6.07) is 12.1. The highest BCUT2D eigenvalue weighted by Crippen LogP contribution is 2.24. The van der Waals surface area contributed by atoms with Gasteiger partial charge in [-0.2, -0.15) is 5.10 Å². The molecular weight excluding hydrogens is 400 g/mol. The lowest BCUT2D eigenvalue weighted by Crippen LogP contribution is -2.11. The van der Waals surface area contributed by atoms with Gasteiger partial charge >= 0.3 is 0 Å². The van der Waals surface area contributed by atoms with Gasteiger partial charge < -0.3 is 5.32 Å². The van der Waals surface area contributed by atoms with Crippen molar-refractivity contribution in [3.63, 3.8) is 0 Å². The van der Waals surface area contributed by atoms with Crippen LogP contribution in [0.15, 0.2) is 66.0 Å². The van der Waals surface area contributed by atoms with Crippen molar-refractivity contribution in [2.24, 2.45) is 11.1 Å². The van der Waals surface area contributed by atoms with Crippen molar-refractivity contribution < 1.29 is 8.42 Å². The fraction of sp³-hybridized carbons (Fsp3) is 0.190. The molecule has 0 aliphatic rings. The third-order valence-corrected chi connectivity index (χ3v) is 5.47. The van der Waals surface area contributed by atoms with Crippen molar-refractivity contribution in [2.75, 3.05) is 5.32 Å². The lowest BCUT2D eigenvalue weighted by Gasteiger charge is -2.07. The maximum atomic E-state index is 11.4. The van der Waals surface area contributed by atoms with Gasteiger partial charge in [0.1, 0.15) is 0 Å². The molecule has 0 amide bonds. The molecule has 0 spiro atoms. The number of anilines is 2. The van der Waals surface area contributed by atoms with Crippen molar-refractivity contribution in [2.45, 2.75) is 25.3 Å². The van der Waals surface area contributed by atoms with Crippen molar-refractivity contribution >= 4 is 32.6 Å². The predicted molar refractivity (Wildman–Crippen MR) is 117 cm³/mol. The topological polar surface area (TPSA) is 116 Å². The second-order valence-electron chi connectivity index (χ2n) is 7.51. The average Bonchev–Trinajstić information content (AvgIpc) is 3.15. The van der Waals surface area contributed by atoms with Crippen LogP contribution in [0, 0.1) is 5.92 Å². The van der Waals surface area contributed by atoms with Crippen LogP contribution >= 0.6 is 0 Å². The van der Waals surface area contributed by atoms with Gasteiger partial charge in [0, 0.05) is 35.6 Å². The summed E-state index contributed by atoms with van der Waals surface area (Å²) in [5, 5.41) is 13.5. The summed E-state index contributed by atoms with van der Waals surface area (Å²) in [6.45, 7) is 5.20. The summed E-state index contributed by atoms with van der Waals surface area (Å²) in [5.41, 5.74) is 3.57. The second-order valence-corrected chi connectivity index (χ2v) is 9.07. The summed E-state index contributed by atoms with van der Waals surface area (Å²) in [7, 11) is -3.72. The Labute approximate surface area is 174 Å². The van der Waals surface area contributed by atoms with E-state index in [1.165, 1.54) is 12.1 Å². The van der Waals surface area contributed by atoms with Crippen LogP contribution in [0.1, 0.15) is 13.8 Å². The van der Waals surface area contributed by atoms with Crippen LogP contribution in [0.3, 0.4) is 0 Å². The first-order chi connectivity index (χ1) is 14.3. The summed E-state index contributed by atoms with van der Waals surface area (Å²) in [4.78, 5) is 8.95. The van der Waals surface area contributed by atoms with Crippen LogP contribution in [0.5, 0.6) is 0 Å². The second kappa shape index (κ2) is 7.85. The maximum absolute atomic E-state index is 11.4. The number of nitrogens with two attached hydrogens (primary N) is 1. The van der Waals surface area contributed by atoms with Crippen LogP contribution in [0.2, 0.25) is 0 Å². The summed E-state index contributed by atoms with van der Waals surface area (Å²) >= 11 is 0. The van der Waals surface area contributed by atoms with Crippen LogP contribution in [-0.2, 0) is 16.6 Å². The van der Waals surface area contributed by atoms with Crippen molar-refractivity contribution in [3.8, 4) is 11.1 Å². The molecule has 154 valence electrons. The van der Waals surface area contributed by atoms with E-state index in [4.69, 9.17) is 5.14 Å². The van der Waals surface area contributed by atoms with E-state index in [1.807, 2.05) is 35.3 Å². The normalized spacial score (nSPS) is 11.9. The van der Waals surface area contributed by atoms with Crippen LogP contribution in [0.25, 0.3) is 22.0 Å². The van der Waals surface area contributed by atoms with Crippen LogP contribution < -0.4 is 10.5 Å². The molecule has 9 heteroatoms. The molecule has 2 heterocycles. The molecule has 0 radical (unpaired) electrons. The van der Waals surface area contributed by atoms with Gasteiger partial charge in [0.2, 0.25) is 16.0 Å². The molecule has 0 aliphatic carbocycles. The molecule has 0 unspecified atom stereocenters. The van der Waals surface area contributed by atoms with Gasteiger partial charge in [-0.15, -0.1) is 0 Å². The number of primary sulfonamides is 1. The molecular formula is C21H22N6O2S. The van der Waals surface area contributed by atoms with Crippen LogP contribution in [0.4, 0.5) is 11.6 Å². The first-order valence-corrected chi connectivity index (χ1v) is 11.0. The number of aromatic nitrogens is 4. The lowest BCUT2D eigenvalue weighted by molar-refractivity contribution is 0.483. The monoisotopic (exact) mass is 422 g/mol. The third kappa shape index (κ3) is 4.47. The SMILES string of the molecule is CC(C)Cn1cc(-c2ccc3nc(Nc4ccc(S(N)(=O)=O)cc4)ncc3c2)cn1. The Hall–Kier alpha value is -3.30. The number of nitrogens with zero attached hydrogens (tertiary/aromatic N) is 4. The Morgan fingerprint density at radius 2 is 1.83 bits per heavy atom. The van der Waals surface area contributed by atoms with Gasteiger partial charge in [-0.25, -0.2) is 23.5 Å². The zero-order chi connectivity index (χ0) is 21.3. The first-order valence-electron chi connectivity index (χ1n) is 9.47. The summed E-state index contributed by atoms with van der Waals surface area (Å²) < 4.78 is 24.7. The fourth-order valence-corrected chi connectivity index (χ4v) is 3.63. The van der Waals surface area contributed by atoms with E-state index in [2.05, 4.69) is 34.2 Å². The zero-order valence-corrected chi connectivity index (χ0v) is 17.5. The Bertz CT molecular complexity index is 1300. The molecule has 0 saturated carbocycles. The Morgan fingerprint density at radius 3 is 2.53 bits per heavy atom. The highest BCUT2D eigenvalue weighted by atomic mass is 32.2. The molecule has 0 bridgehead atoms. The quantitative estimate of drug-likeness (QED) is 0.491. The highest BCUT2D eigenvalue weighted by Gasteiger charge is 2.09. The van der Waals surface area contributed by atoms with Gasteiger partial charge in [0.05, 0.1) is 16.6 Å². The van der Waals surface area contributed by atoms with E-state index in [0.29, 0.717) is 17.6 Å². The molecule has 30 heavy (non-hydrogen) atoms. The molecule has 3 N–H and O–H groups in total. The van der Waals surface area contributed by atoms with Crippen LogP contribution in [-0.4, -0.2) is 28.2 Å². The molecule has 4 rings (SSSR count). The van der Waals surface area contributed by atoms with E-state index in [-0.39, 0.29) is 4.90 Å². The van der Waals surface area contributed by atoms with Crippen molar-refractivity contribution in [1.82, 2.24) is 19.7 Å². The average molecular weight is 423 g/mol. The Kier molecular flexibility index (Phi) is 5.23. The van der Waals surface area contributed by atoms with Gasteiger partial charge in [-0.05, 0) is 47.9 Å². The molecule has 4 aromatic rings. The van der Waals surface area contributed by atoms with E-state index in [0.717, 1.165) is 28.6 Å². The van der Waals surface area contributed by atoms with E-state index >= 15 is 0 Å². The summed E-state index contributed by atoms with van der Waals surface area (Å²) in [6.07, 6.45) is 5.67. The largest absolute Gasteiger partial charge is 0.324 e. The number of hydrogen-bond acceptors (Lipinski definition) is 6.